The Morgan fingerprint density at radius 2 is 1.91 bits per heavy atom. The molecule has 4 rings (SSSR count). The van der Waals surface area contributed by atoms with E-state index < -0.39 is 5.54 Å². The number of aromatic nitrogens is 4. The first kappa shape index (κ1) is 23.2. The number of benzene rings is 1. The second-order valence-electron chi connectivity index (χ2n) is 9.34. The SMILES string of the molecule is COc1c(Nc2cc(NC(=O)NC(C)(C)C)ncc2C(=O)C2CC2)cccc1-c1ncn(C)n1. The maximum absolute atomic E-state index is 13.0. The Labute approximate surface area is 198 Å². The number of anilines is 3. The molecule has 178 valence electrons. The standard InChI is InChI=1S/C24H29N7O3/c1-24(2,3)29-23(33)28-19-11-18(16(12-25-19)20(32)14-9-10-14)27-17-8-6-7-15(21(17)34-5)22-26-13-31(4)30-22/h6-8,11-14H,9-10H2,1-5H3,(H3,25,27,28,29,33). The van der Waals surface area contributed by atoms with Gasteiger partial charge in [-0.2, -0.15) is 5.10 Å². The van der Waals surface area contributed by atoms with Crippen LogP contribution in [0.1, 0.15) is 44.0 Å². The van der Waals surface area contributed by atoms with Gasteiger partial charge in [0.25, 0.3) is 0 Å². The Balaban J connectivity index is 1.69. The summed E-state index contributed by atoms with van der Waals surface area (Å²) in [5, 5.41) is 13.3. The molecular weight excluding hydrogens is 434 g/mol. The molecule has 1 fully saturated rings. The average molecular weight is 464 g/mol. The van der Waals surface area contributed by atoms with Crippen molar-refractivity contribution >= 4 is 29.0 Å². The van der Waals surface area contributed by atoms with Crippen molar-refractivity contribution in [2.24, 2.45) is 13.0 Å². The predicted molar refractivity (Wildman–Crippen MR) is 129 cm³/mol. The van der Waals surface area contributed by atoms with Crippen LogP contribution in [0, 0.1) is 5.92 Å². The molecule has 10 nitrogen and oxygen atoms in total. The third-order valence-electron chi connectivity index (χ3n) is 5.18. The molecule has 0 radical (unpaired) electrons. The third kappa shape index (κ3) is 5.33. The van der Waals surface area contributed by atoms with Crippen LogP contribution in [-0.4, -0.2) is 44.2 Å². The lowest BCUT2D eigenvalue weighted by molar-refractivity contribution is 0.0968. The van der Waals surface area contributed by atoms with Crippen molar-refractivity contribution in [3.63, 3.8) is 0 Å². The van der Waals surface area contributed by atoms with Crippen LogP contribution in [0.25, 0.3) is 11.4 Å². The maximum atomic E-state index is 13.0. The summed E-state index contributed by atoms with van der Waals surface area (Å²) in [5.74, 6) is 1.42. The molecule has 3 N–H and O–H groups in total. The van der Waals surface area contributed by atoms with Gasteiger partial charge in [-0.05, 0) is 45.7 Å². The van der Waals surface area contributed by atoms with Gasteiger partial charge in [0.2, 0.25) is 0 Å². The molecule has 2 aromatic heterocycles. The number of pyridine rings is 1. The van der Waals surface area contributed by atoms with Gasteiger partial charge in [0.1, 0.15) is 12.1 Å². The van der Waals surface area contributed by atoms with Gasteiger partial charge < -0.3 is 15.4 Å². The van der Waals surface area contributed by atoms with Crippen molar-refractivity contribution < 1.29 is 14.3 Å². The number of Topliss-reactive ketones (excluding diaryl/α,β-unsaturated/α-hetero) is 1. The maximum Gasteiger partial charge on any atom is 0.320 e. The van der Waals surface area contributed by atoms with Gasteiger partial charge in [-0.15, -0.1) is 0 Å². The minimum atomic E-state index is -0.402. The van der Waals surface area contributed by atoms with Crippen LogP contribution >= 0.6 is 0 Å². The first-order valence-corrected chi connectivity index (χ1v) is 11.1. The molecular formula is C24H29N7O3. The minimum Gasteiger partial charge on any atom is -0.494 e. The number of ketones is 1. The Morgan fingerprint density at radius 1 is 1.15 bits per heavy atom. The molecule has 34 heavy (non-hydrogen) atoms. The molecule has 3 aromatic rings. The number of ether oxygens (including phenoxy) is 1. The molecule has 0 unspecified atom stereocenters. The molecule has 0 aliphatic heterocycles. The quantitative estimate of drug-likeness (QED) is 0.450. The van der Waals surface area contributed by atoms with Crippen molar-refractivity contribution in [1.82, 2.24) is 25.1 Å². The van der Waals surface area contributed by atoms with Crippen LogP contribution < -0.4 is 20.7 Å². The number of hydrogen-bond donors (Lipinski definition) is 3. The molecule has 0 spiro atoms. The first-order valence-electron chi connectivity index (χ1n) is 11.1. The van der Waals surface area contributed by atoms with Crippen LogP contribution in [-0.2, 0) is 7.05 Å². The van der Waals surface area contributed by atoms with E-state index in [1.54, 1.807) is 31.2 Å². The third-order valence-corrected chi connectivity index (χ3v) is 5.18. The number of nitrogens with one attached hydrogen (secondary N) is 3. The lowest BCUT2D eigenvalue weighted by Gasteiger charge is -2.21. The number of nitrogens with zero attached hydrogens (tertiary/aromatic N) is 4. The smallest absolute Gasteiger partial charge is 0.320 e. The molecule has 1 aliphatic carbocycles. The summed E-state index contributed by atoms with van der Waals surface area (Å²) < 4.78 is 7.31. The predicted octanol–water partition coefficient (Wildman–Crippen LogP) is 4.14. The van der Waals surface area contributed by atoms with Crippen molar-refractivity contribution in [1.29, 1.82) is 0 Å². The molecule has 0 atom stereocenters. The fourth-order valence-electron chi connectivity index (χ4n) is 3.52. The van der Waals surface area contributed by atoms with Gasteiger partial charge in [-0.3, -0.25) is 14.8 Å². The summed E-state index contributed by atoms with van der Waals surface area (Å²) in [6.07, 6.45) is 4.86. The van der Waals surface area contributed by atoms with E-state index in [1.807, 2.05) is 39.0 Å². The Kier molecular flexibility index (Phi) is 6.23. The van der Waals surface area contributed by atoms with Crippen molar-refractivity contribution in [2.45, 2.75) is 39.2 Å². The highest BCUT2D eigenvalue weighted by Gasteiger charge is 2.32. The highest BCUT2D eigenvalue weighted by Crippen LogP contribution is 2.39. The summed E-state index contributed by atoms with van der Waals surface area (Å²) >= 11 is 0. The number of carbonyl (C=O) groups excluding carboxylic acids is 2. The molecule has 10 heteroatoms. The molecule has 2 heterocycles. The van der Waals surface area contributed by atoms with Gasteiger partial charge in [0, 0.05) is 30.8 Å². The second-order valence-corrected chi connectivity index (χ2v) is 9.34. The molecule has 2 amide bonds. The van der Waals surface area contributed by atoms with E-state index in [-0.39, 0.29) is 17.7 Å². The summed E-state index contributed by atoms with van der Waals surface area (Å²) in [7, 11) is 3.36. The number of methoxy groups -OCH3 is 1. The van der Waals surface area contributed by atoms with Crippen molar-refractivity contribution in [3.8, 4) is 17.1 Å². The van der Waals surface area contributed by atoms with Crippen molar-refractivity contribution in [3.05, 3.63) is 42.4 Å². The van der Waals surface area contributed by atoms with Crippen LogP contribution in [0.5, 0.6) is 5.75 Å². The number of para-hydroxylation sites is 1. The highest BCUT2D eigenvalue weighted by atomic mass is 16.5. The molecule has 0 saturated heterocycles. The second kappa shape index (κ2) is 9.12. The van der Waals surface area contributed by atoms with Gasteiger partial charge >= 0.3 is 6.03 Å². The van der Waals surface area contributed by atoms with E-state index in [0.29, 0.717) is 39.9 Å². The molecule has 0 bridgehead atoms. The van der Waals surface area contributed by atoms with Crippen LogP contribution in [0.2, 0.25) is 0 Å². The summed E-state index contributed by atoms with van der Waals surface area (Å²) in [5.41, 5.74) is 1.93. The normalized spacial score (nSPS) is 13.3. The first-order chi connectivity index (χ1) is 16.1. The molecule has 1 saturated carbocycles. The van der Waals surface area contributed by atoms with Crippen LogP contribution in [0.3, 0.4) is 0 Å². The Hall–Kier alpha value is -3.95. The lowest BCUT2D eigenvalue weighted by Crippen LogP contribution is -2.43. The van der Waals surface area contributed by atoms with Gasteiger partial charge in [-0.25, -0.2) is 14.8 Å². The topological polar surface area (TPSA) is 123 Å². The number of hydrogen-bond acceptors (Lipinski definition) is 7. The minimum absolute atomic E-state index is 0.0105. The largest absolute Gasteiger partial charge is 0.494 e. The van der Waals surface area contributed by atoms with E-state index in [0.717, 1.165) is 12.8 Å². The number of carbonyl (C=O) groups is 2. The van der Waals surface area contributed by atoms with E-state index in [4.69, 9.17) is 4.74 Å². The van der Waals surface area contributed by atoms with Crippen LogP contribution in [0.4, 0.5) is 22.0 Å². The zero-order valence-corrected chi connectivity index (χ0v) is 20.0. The van der Waals surface area contributed by atoms with Gasteiger partial charge in [-0.1, -0.05) is 6.07 Å². The van der Waals surface area contributed by atoms with Gasteiger partial charge in [0.05, 0.1) is 29.6 Å². The van der Waals surface area contributed by atoms with E-state index in [2.05, 4.69) is 31.0 Å². The Morgan fingerprint density at radius 3 is 2.53 bits per heavy atom. The molecule has 1 aliphatic rings. The summed E-state index contributed by atoms with van der Waals surface area (Å²) in [6.45, 7) is 5.67. The van der Waals surface area contributed by atoms with E-state index >= 15 is 0 Å². The summed E-state index contributed by atoms with van der Waals surface area (Å²) in [6, 6.07) is 6.84. The fourth-order valence-corrected chi connectivity index (χ4v) is 3.52. The number of amides is 2. The lowest BCUT2D eigenvalue weighted by atomic mass is 10.1. The number of aryl methyl sites for hydroxylation is 1. The fraction of sp³-hybridized carbons (Fsp3) is 0.375. The number of urea groups is 1. The van der Waals surface area contributed by atoms with Crippen LogP contribution in [0.15, 0.2) is 36.8 Å². The zero-order valence-electron chi connectivity index (χ0n) is 20.0. The molecule has 1 aromatic carbocycles. The zero-order chi connectivity index (χ0) is 24.5. The number of rotatable bonds is 7. The Bertz CT molecular complexity index is 1230. The van der Waals surface area contributed by atoms with E-state index in [9.17, 15) is 9.59 Å². The monoisotopic (exact) mass is 463 g/mol. The highest BCUT2D eigenvalue weighted by molar-refractivity contribution is 6.05. The van der Waals surface area contributed by atoms with E-state index in [1.165, 1.54) is 6.20 Å². The average Bonchev–Trinajstić information content (AvgIpc) is 3.52. The van der Waals surface area contributed by atoms with Crippen molar-refractivity contribution in [2.75, 3.05) is 17.7 Å². The summed E-state index contributed by atoms with van der Waals surface area (Å²) in [4.78, 5) is 33.9. The van der Waals surface area contributed by atoms with Gasteiger partial charge in [0.15, 0.2) is 17.4 Å².